The van der Waals surface area contributed by atoms with Crippen molar-refractivity contribution in [3.05, 3.63) is 0 Å². The molecule has 0 radical (unpaired) electrons. The smallest absolute Gasteiger partial charge is 0.550 e. The average Bonchev–Trinajstić information content (AvgIpc) is 1.35. The second-order valence-electron chi connectivity index (χ2n) is 0.846. The normalized spacial score (nSPS) is 7.00. The number of hydrogen-bond donors (Lipinski definition) is 1. The van der Waals surface area contributed by atoms with E-state index >= 15 is 0 Å². The van der Waals surface area contributed by atoms with Gasteiger partial charge >= 0.3 is 18.9 Å². The van der Waals surface area contributed by atoms with Crippen LogP contribution in [0, 0.1) is 0 Å². The number of hydrogen-bond acceptors (Lipinski definition) is 3. The van der Waals surface area contributed by atoms with Crippen LogP contribution in [-0.4, -0.2) is 17.7 Å². The second kappa shape index (κ2) is 6.03. The molecule has 0 aliphatic carbocycles. The van der Waals surface area contributed by atoms with Gasteiger partial charge in [0.1, 0.15) is 0 Å². The van der Waals surface area contributed by atoms with Gasteiger partial charge in [0, 0.05) is 19.0 Å². The summed E-state index contributed by atoms with van der Waals surface area (Å²) in [4.78, 5) is 9.33. The number of carboxylic acid groups (broad SMARTS) is 1. The Morgan fingerprint density at radius 1 is 1.71 bits per heavy atom. The molecule has 0 aromatic rings. The molecule has 0 aliphatic rings. The zero-order valence-corrected chi connectivity index (χ0v) is 4.18. The minimum atomic E-state index is -1.21. The zero-order chi connectivity index (χ0) is 4.99. The van der Waals surface area contributed by atoms with Gasteiger partial charge < -0.3 is 15.0 Å². The first kappa shape index (κ1) is 10.1. The number of carbonyl (C=O) groups excluding carboxylic acids is 1. The largest absolute Gasteiger partial charge is 1.00 e. The van der Waals surface area contributed by atoms with Crippen LogP contribution in [0.3, 0.4) is 0 Å². The number of aliphatic carboxylic acids is 1. The summed E-state index contributed by atoms with van der Waals surface area (Å²) < 4.78 is 0. The van der Waals surface area contributed by atoms with E-state index in [1.807, 2.05) is 0 Å². The van der Waals surface area contributed by atoms with Crippen LogP contribution >= 0.6 is 0 Å². The van der Waals surface area contributed by atoms with E-state index in [1.54, 1.807) is 0 Å². The molecule has 0 spiro atoms. The van der Waals surface area contributed by atoms with Gasteiger partial charge in [-0.1, -0.05) is 0 Å². The fourth-order valence-corrected chi connectivity index (χ4v) is 0.0913. The van der Waals surface area contributed by atoms with E-state index in [9.17, 15) is 9.90 Å². The Morgan fingerprint density at radius 3 is 2.14 bits per heavy atom. The van der Waals surface area contributed by atoms with Crippen molar-refractivity contribution in [3.63, 3.8) is 0 Å². The van der Waals surface area contributed by atoms with Crippen LogP contribution in [0.4, 0.5) is 0 Å². The molecule has 0 aromatic heterocycles. The minimum absolute atomic E-state index is 0. The van der Waals surface area contributed by atoms with Crippen LogP contribution in [0.15, 0.2) is 0 Å². The van der Waals surface area contributed by atoms with Gasteiger partial charge in [-0.25, -0.2) is 0 Å². The van der Waals surface area contributed by atoms with Crippen molar-refractivity contribution in [1.82, 2.24) is 0 Å². The van der Waals surface area contributed by atoms with Gasteiger partial charge in [0.25, 0.3) is 0 Å². The fourth-order valence-electron chi connectivity index (χ4n) is 0.0913. The third-order valence-corrected chi connectivity index (χ3v) is 0.316. The quantitative estimate of drug-likeness (QED) is 0.350. The summed E-state index contributed by atoms with van der Waals surface area (Å²) in [5, 5.41) is 17.1. The van der Waals surface area contributed by atoms with Gasteiger partial charge in [0.15, 0.2) is 0 Å². The maximum atomic E-state index is 9.33. The Morgan fingerprint density at radius 2 is 2.14 bits per heavy atom. The average molecular weight is 96.0 g/mol. The Hall–Kier alpha value is 0.0274. The number of carbonyl (C=O) groups is 1. The Kier molecular flexibility index (Phi) is 8.70. The van der Waals surface area contributed by atoms with E-state index in [-0.39, 0.29) is 31.9 Å². The summed E-state index contributed by atoms with van der Waals surface area (Å²) in [5.74, 6) is -1.21. The van der Waals surface area contributed by atoms with Gasteiger partial charge in [-0.05, 0) is 0 Å². The number of rotatable bonds is 2. The molecule has 0 atom stereocenters. The monoisotopic (exact) mass is 96.0 g/mol. The van der Waals surface area contributed by atoms with Crippen molar-refractivity contribution in [2.45, 2.75) is 6.42 Å². The maximum Gasteiger partial charge on any atom is 1.00 e. The molecule has 0 rings (SSSR count). The van der Waals surface area contributed by atoms with Gasteiger partial charge in [-0.3, -0.25) is 0 Å². The Labute approximate surface area is 53.5 Å². The summed E-state index contributed by atoms with van der Waals surface area (Å²) in [6.07, 6.45) is -0.264. The molecular weight excluding hydrogens is 91.0 g/mol. The van der Waals surface area contributed by atoms with E-state index in [2.05, 4.69) is 0 Å². The molecule has 4 heteroatoms. The molecule has 0 bridgehead atoms. The van der Waals surface area contributed by atoms with Crippen molar-refractivity contribution < 1.29 is 33.9 Å². The van der Waals surface area contributed by atoms with Gasteiger partial charge in [0.05, 0.1) is 0 Å². The van der Waals surface area contributed by atoms with E-state index in [0.717, 1.165) is 0 Å². The van der Waals surface area contributed by atoms with Crippen LogP contribution in [0.5, 0.6) is 0 Å². The first-order chi connectivity index (χ1) is 2.77. The van der Waals surface area contributed by atoms with Crippen molar-refractivity contribution in [2.24, 2.45) is 0 Å². The molecular formula is C3H5LiO3. The first-order valence-corrected chi connectivity index (χ1v) is 1.58. The molecule has 0 saturated carbocycles. The topological polar surface area (TPSA) is 60.4 Å². The molecule has 0 amide bonds. The molecule has 0 aromatic carbocycles. The van der Waals surface area contributed by atoms with Crippen molar-refractivity contribution in [2.75, 3.05) is 6.61 Å². The molecule has 3 nitrogen and oxygen atoms in total. The standard InChI is InChI=1S/C3H6O3.Li/c4-2-1-3(5)6;/h4H,1-2H2,(H,5,6);/q;+1/p-1. The third-order valence-electron chi connectivity index (χ3n) is 0.316. The predicted octanol–water partition coefficient (Wildman–Crippen LogP) is -4.88. The van der Waals surface area contributed by atoms with Crippen LogP contribution in [0.1, 0.15) is 6.42 Å². The molecule has 36 valence electrons. The van der Waals surface area contributed by atoms with Crippen molar-refractivity contribution in [3.8, 4) is 0 Å². The second-order valence-corrected chi connectivity index (χ2v) is 0.846. The van der Waals surface area contributed by atoms with E-state index in [1.165, 1.54) is 0 Å². The summed E-state index contributed by atoms with van der Waals surface area (Å²) >= 11 is 0. The maximum absolute atomic E-state index is 9.33. The van der Waals surface area contributed by atoms with Crippen LogP contribution in [0.25, 0.3) is 0 Å². The SMILES string of the molecule is O=C([O-])CCO.[Li+]. The van der Waals surface area contributed by atoms with E-state index in [4.69, 9.17) is 5.11 Å². The van der Waals surface area contributed by atoms with Crippen LogP contribution < -0.4 is 24.0 Å². The first-order valence-electron chi connectivity index (χ1n) is 1.58. The van der Waals surface area contributed by atoms with Crippen LogP contribution in [0.2, 0.25) is 0 Å². The third kappa shape index (κ3) is 10.7. The number of carboxylic acids is 1. The number of aliphatic hydroxyl groups excluding tert-OH is 1. The fraction of sp³-hybridized carbons (Fsp3) is 0.667. The summed E-state index contributed by atoms with van der Waals surface area (Å²) in [6, 6.07) is 0. The molecule has 0 saturated heterocycles. The summed E-state index contributed by atoms with van der Waals surface area (Å²) in [7, 11) is 0. The molecule has 0 unspecified atom stereocenters. The molecule has 0 aliphatic heterocycles. The molecule has 7 heavy (non-hydrogen) atoms. The molecule has 0 heterocycles. The van der Waals surface area contributed by atoms with E-state index in [0.29, 0.717) is 0 Å². The summed E-state index contributed by atoms with van der Waals surface area (Å²) in [5.41, 5.74) is 0. The van der Waals surface area contributed by atoms with E-state index < -0.39 is 5.97 Å². The Bertz CT molecular complexity index is 54.1. The van der Waals surface area contributed by atoms with Gasteiger partial charge in [-0.2, -0.15) is 0 Å². The zero-order valence-electron chi connectivity index (χ0n) is 4.18. The molecule has 0 fully saturated rings. The van der Waals surface area contributed by atoms with Crippen LogP contribution in [-0.2, 0) is 4.79 Å². The van der Waals surface area contributed by atoms with Crippen molar-refractivity contribution in [1.29, 1.82) is 0 Å². The summed E-state index contributed by atoms with van der Waals surface area (Å²) in [6.45, 7) is -0.331. The van der Waals surface area contributed by atoms with Gasteiger partial charge in [0.2, 0.25) is 0 Å². The Balaban J connectivity index is 0. The van der Waals surface area contributed by atoms with Gasteiger partial charge in [-0.15, -0.1) is 0 Å². The number of aliphatic hydroxyl groups is 1. The molecule has 1 N–H and O–H groups in total. The van der Waals surface area contributed by atoms with Crippen molar-refractivity contribution >= 4 is 5.97 Å². The minimum Gasteiger partial charge on any atom is -0.550 e. The predicted molar refractivity (Wildman–Crippen MR) is 16.7 cm³/mol.